The van der Waals surface area contributed by atoms with Crippen LogP contribution in [0.25, 0.3) is 27.5 Å². The fraction of sp³-hybridized carbons (Fsp3) is 0.345. The van der Waals surface area contributed by atoms with Gasteiger partial charge < -0.3 is 14.4 Å². The molecule has 1 aliphatic rings. The third-order valence-electron chi connectivity index (χ3n) is 6.54. The number of amides is 1. The lowest BCUT2D eigenvalue weighted by Crippen LogP contribution is -2.44. The first-order valence-corrected chi connectivity index (χ1v) is 12.6. The maximum Gasteiger partial charge on any atom is 0.450 e. The number of hydrogen-bond acceptors (Lipinski definition) is 5. The molecule has 202 valence electrons. The smallest absolute Gasteiger partial charge is 0.450 e. The van der Waals surface area contributed by atoms with Crippen molar-refractivity contribution in [3.8, 4) is 17.5 Å². The van der Waals surface area contributed by atoms with E-state index in [1.54, 1.807) is 41.3 Å². The highest BCUT2D eigenvalue weighted by Crippen LogP contribution is 2.37. The van der Waals surface area contributed by atoms with Crippen molar-refractivity contribution < 1.29 is 27.4 Å². The summed E-state index contributed by atoms with van der Waals surface area (Å²) in [5.41, 5.74) is 0.457. The summed E-state index contributed by atoms with van der Waals surface area (Å²) in [6.07, 6.45) is -4.19. The first kappa shape index (κ1) is 26.4. The molecule has 0 radical (unpaired) electrons. The van der Waals surface area contributed by atoms with E-state index in [4.69, 9.17) is 9.47 Å². The van der Waals surface area contributed by atoms with Crippen LogP contribution in [-0.2, 0) is 10.9 Å². The van der Waals surface area contributed by atoms with Gasteiger partial charge in [-0.1, -0.05) is 24.3 Å². The number of halogens is 3. The lowest BCUT2D eigenvalue weighted by atomic mass is 10.0. The van der Waals surface area contributed by atoms with Gasteiger partial charge in [0.25, 0.3) is 0 Å². The Bertz CT molecular complexity index is 1590. The summed E-state index contributed by atoms with van der Waals surface area (Å²) in [5, 5.41) is 10.6. The van der Waals surface area contributed by atoms with Gasteiger partial charge in [0.15, 0.2) is 0 Å². The number of imidazole rings is 1. The van der Waals surface area contributed by atoms with Crippen LogP contribution in [0.5, 0.6) is 5.75 Å². The monoisotopic (exact) mass is 536 g/mol. The number of fused-ring (bicyclic) bond motifs is 2. The van der Waals surface area contributed by atoms with Crippen LogP contribution in [0.3, 0.4) is 0 Å². The third kappa shape index (κ3) is 5.35. The summed E-state index contributed by atoms with van der Waals surface area (Å²) in [4.78, 5) is 17.9. The second-order valence-corrected chi connectivity index (χ2v) is 10.5. The minimum Gasteiger partial charge on any atom is -0.490 e. The molecule has 5 rings (SSSR count). The van der Waals surface area contributed by atoms with Gasteiger partial charge in [-0.3, -0.25) is 4.57 Å². The van der Waals surface area contributed by atoms with E-state index in [2.05, 4.69) is 11.1 Å². The number of ether oxygens (including phenoxy) is 2. The molecule has 10 heteroatoms. The van der Waals surface area contributed by atoms with Crippen LogP contribution in [-0.4, -0.2) is 45.3 Å². The maximum absolute atomic E-state index is 14.2. The molecule has 1 fully saturated rings. The van der Waals surface area contributed by atoms with Gasteiger partial charge in [0, 0.05) is 42.8 Å². The number of rotatable bonds is 3. The molecule has 0 N–H and O–H groups in total. The molecule has 0 spiro atoms. The largest absolute Gasteiger partial charge is 0.490 e. The van der Waals surface area contributed by atoms with Crippen molar-refractivity contribution in [3.63, 3.8) is 0 Å². The third-order valence-corrected chi connectivity index (χ3v) is 6.54. The first-order valence-electron chi connectivity index (χ1n) is 12.6. The number of likely N-dealkylation sites (tertiary alicyclic amines) is 1. The first-order chi connectivity index (χ1) is 18.4. The van der Waals surface area contributed by atoms with E-state index in [0.29, 0.717) is 48.0 Å². The Kier molecular flexibility index (Phi) is 6.62. The number of hydrogen-bond donors (Lipinski definition) is 0. The maximum atomic E-state index is 14.2. The van der Waals surface area contributed by atoms with Crippen molar-refractivity contribution in [2.45, 2.75) is 51.5 Å². The minimum absolute atomic E-state index is 0.169. The number of nitriles is 1. The zero-order valence-corrected chi connectivity index (χ0v) is 21.7. The van der Waals surface area contributed by atoms with Crippen molar-refractivity contribution in [3.05, 3.63) is 66.0 Å². The van der Waals surface area contributed by atoms with Gasteiger partial charge in [-0.25, -0.2) is 9.78 Å². The fourth-order valence-corrected chi connectivity index (χ4v) is 4.81. The highest BCUT2D eigenvalue weighted by Gasteiger charge is 2.38. The Balaban J connectivity index is 1.48. The zero-order chi connectivity index (χ0) is 27.9. The van der Waals surface area contributed by atoms with Crippen LogP contribution < -0.4 is 4.74 Å². The standard InChI is InChI=1S/C29H27F3N4O3/c1-28(2,3)39-27(37)35-14-12-19(13-15-35)38-20-9-10-23-25(16-20)36(26(34-23)29(30,31)32)24-11-8-18(17-33)21-6-4-5-7-22(21)24/h4-11,16,19H,12-15H2,1-3H3. The van der Waals surface area contributed by atoms with Gasteiger partial charge in [-0.2, -0.15) is 18.4 Å². The van der Waals surface area contributed by atoms with Crippen molar-refractivity contribution in [2.24, 2.45) is 0 Å². The lowest BCUT2D eigenvalue weighted by molar-refractivity contribution is -0.145. The normalized spacial score (nSPS) is 14.9. The Morgan fingerprint density at radius 3 is 2.36 bits per heavy atom. The average Bonchev–Trinajstić information content (AvgIpc) is 3.27. The Hall–Kier alpha value is -4.26. The topological polar surface area (TPSA) is 80.4 Å². The number of alkyl halides is 3. The molecule has 0 bridgehead atoms. The number of benzene rings is 3. The highest BCUT2D eigenvalue weighted by atomic mass is 19.4. The molecule has 1 aliphatic heterocycles. The molecule has 2 heterocycles. The number of aromatic nitrogens is 2. The summed E-state index contributed by atoms with van der Waals surface area (Å²) in [7, 11) is 0. The summed E-state index contributed by atoms with van der Waals surface area (Å²) in [5.74, 6) is -0.652. The summed E-state index contributed by atoms with van der Waals surface area (Å²) >= 11 is 0. The molecule has 1 aromatic heterocycles. The Morgan fingerprint density at radius 2 is 1.72 bits per heavy atom. The van der Waals surface area contributed by atoms with Crippen molar-refractivity contribution in [2.75, 3.05) is 13.1 Å². The van der Waals surface area contributed by atoms with Gasteiger partial charge in [0.05, 0.1) is 28.4 Å². The van der Waals surface area contributed by atoms with Crippen LogP contribution in [0.1, 0.15) is 45.0 Å². The van der Waals surface area contributed by atoms with Crippen LogP contribution in [0.4, 0.5) is 18.0 Å². The molecule has 0 unspecified atom stereocenters. The summed E-state index contributed by atoms with van der Waals surface area (Å²) < 4.78 is 55.2. The molecule has 0 atom stereocenters. The van der Waals surface area contributed by atoms with E-state index < -0.39 is 17.6 Å². The fourth-order valence-electron chi connectivity index (χ4n) is 4.81. The lowest BCUT2D eigenvalue weighted by Gasteiger charge is -2.33. The highest BCUT2D eigenvalue weighted by molar-refractivity contribution is 5.96. The number of nitrogens with zero attached hydrogens (tertiary/aromatic N) is 4. The van der Waals surface area contributed by atoms with Gasteiger partial charge >= 0.3 is 12.3 Å². The molecule has 1 saturated heterocycles. The van der Waals surface area contributed by atoms with E-state index in [1.807, 2.05) is 20.8 Å². The van der Waals surface area contributed by atoms with Crippen molar-refractivity contribution in [1.29, 1.82) is 5.26 Å². The molecule has 0 aliphatic carbocycles. The molecule has 3 aromatic carbocycles. The van der Waals surface area contributed by atoms with E-state index in [0.717, 1.165) is 4.57 Å². The summed E-state index contributed by atoms with van der Waals surface area (Å²) in [6.45, 7) is 6.34. The average molecular weight is 537 g/mol. The number of carbonyl (C=O) groups is 1. The molecule has 39 heavy (non-hydrogen) atoms. The number of carbonyl (C=O) groups excluding carboxylic acids is 1. The second kappa shape index (κ2) is 9.80. The Labute approximate surface area is 223 Å². The van der Waals surface area contributed by atoms with Gasteiger partial charge in [-0.15, -0.1) is 0 Å². The molecule has 4 aromatic rings. The van der Waals surface area contributed by atoms with Crippen LogP contribution in [0.15, 0.2) is 54.6 Å². The SMILES string of the molecule is CC(C)(C)OC(=O)N1CCC(Oc2ccc3nc(C(F)(F)F)n(-c4ccc(C#N)c5ccccc45)c3c2)CC1. The molecular weight excluding hydrogens is 509 g/mol. The van der Waals surface area contributed by atoms with E-state index >= 15 is 0 Å². The Morgan fingerprint density at radius 1 is 1.03 bits per heavy atom. The molecule has 1 amide bonds. The molecule has 7 nitrogen and oxygen atoms in total. The minimum atomic E-state index is -4.72. The molecule has 0 saturated carbocycles. The van der Waals surface area contributed by atoms with Crippen molar-refractivity contribution in [1.82, 2.24) is 14.5 Å². The quantitative estimate of drug-likeness (QED) is 0.286. The summed E-state index contributed by atoms with van der Waals surface area (Å²) in [6, 6.07) is 16.7. The van der Waals surface area contributed by atoms with Gasteiger partial charge in [0.1, 0.15) is 17.5 Å². The van der Waals surface area contributed by atoms with E-state index in [1.165, 1.54) is 18.2 Å². The van der Waals surface area contributed by atoms with E-state index in [9.17, 15) is 23.2 Å². The van der Waals surface area contributed by atoms with Gasteiger partial charge in [-0.05, 0) is 45.0 Å². The second-order valence-electron chi connectivity index (χ2n) is 10.5. The molecular formula is C29H27F3N4O3. The van der Waals surface area contributed by atoms with Crippen LogP contribution in [0.2, 0.25) is 0 Å². The van der Waals surface area contributed by atoms with Gasteiger partial charge in [0.2, 0.25) is 5.82 Å². The predicted molar refractivity (Wildman–Crippen MR) is 140 cm³/mol. The van der Waals surface area contributed by atoms with Crippen molar-refractivity contribution >= 4 is 27.9 Å². The van der Waals surface area contributed by atoms with Crippen LogP contribution >= 0.6 is 0 Å². The predicted octanol–water partition coefficient (Wildman–Crippen LogP) is 6.85. The van der Waals surface area contributed by atoms with Crippen LogP contribution in [0, 0.1) is 11.3 Å². The number of piperidine rings is 1. The van der Waals surface area contributed by atoms with E-state index in [-0.39, 0.29) is 28.9 Å². The zero-order valence-electron chi connectivity index (χ0n) is 21.7.